The van der Waals surface area contributed by atoms with Crippen molar-refractivity contribution in [2.24, 2.45) is 16.0 Å². The SMILES string of the molecule is CNc1ccc(N=Nc2cc(S(=O)(=O)O)c3cccc(S(=O)(=O)O)c3c2)c(NC(N)=O)c1. The highest BCUT2D eigenvalue weighted by atomic mass is 32.2. The van der Waals surface area contributed by atoms with Gasteiger partial charge in [-0.25, -0.2) is 4.79 Å². The van der Waals surface area contributed by atoms with E-state index in [-0.39, 0.29) is 27.8 Å². The molecule has 0 saturated heterocycles. The monoisotopic (exact) mass is 479 g/mol. The molecule has 0 aliphatic carbocycles. The van der Waals surface area contributed by atoms with Crippen LogP contribution in [0, 0.1) is 0 Å². The Bertz CT molecular complexity index is 1470. The molecular weight excluding hydrogens is 462 g/mol. The number of hydrogen-bond donors (Lipinski definition) is 5. The maximum absolute atomic E-state index is 11.9. The van der Waals surface area contributed by atoms with Gasteiger partial charge in [-0.05, 0) is 36.4 Å². The van der Waals surface area contributed by atoms with Crippen LogP contribution in [0.25, 0.3) is 10.8 Å². The quantitative estimate of drug-likeness (QED) is 0.262. The largest absolute Gasteiger partial charge is 0.388 e. The molecular formula is C18H17N5O7S2. The number of fused-ring (bicyclic) bond motifs is 1. The van der Waals surface area contributed by atoms with Crippen molar-refractivity contribution in [3.63, 3.8) is 0 Å². The van der Waals surface area contributed by atoms with Crippen molar-refractivity contribution >= 4 is 59.8 Å². The molecule has 0 aromatic heterocycles. The van der Waals surface area contributed by atoms with Crippen LogP contribution in [0.5, 0.6) is 0 Å². The summed E-state index contributed by atoms with van der Waals surface area (Å²) in [5.41, 5.74) is 5.99. The lowest BCUT2D eigenvalue weighted by Gasteiger charge is -2.09. The Morgan fingerprint density at radius 3 is 2.19 bits per heavy atom. The molecule has 0 fully saturated rings. The van der Waals surface area contributed by atoms with Crippen LogP contribution in [-0.4, -0.2) is 39.0 Å². The lowest BCUT2D eigenvalue weighted by molar-refractivity contribution is 0.259. The van der Waals surface area contributed by atoms with E-state index >= 15 is 0 Å². The molecule has 32 heavy (non-hydrogen) atoms. The Balaban J connectivity index is 2.22. The highest BCUT2D eigenvalue weighted by Crippen LogP contribution is 2.35. The van der Waals surface area contributed by atoms with Crippen molar-refractivity contribution in [3.8, 4) is 0 Å². The fourth-order valence-electron chi connectivity index (χ4n) is 2.93. The van der Waals surface area contributed by atoms with Crippen LogP contribution in [0.15, 0.2) is 68.6 Å². The van der Waals surface area contributed by atoms with Crippen LogP contribution in [-0.2, 0) is 20.2 Å². The van der Waals surface area contributed by atoms with Gasteiger partial charge < -0.3 is 16.4 Å². The van der Waals surface area contributed by atoms with Crippen LogP contribution in [0.4, 0.5) is 27.5 Å². The molecule has 3 rings (SSSR count). The number of nitrogens with one attached hydrogen (secondary N) is 2. The third kappa shape index (κ3) is 5.00. The Morgan fingerprint density at radius 1 is 0.906 bits per heavy atom. The number of carbonyl (C=O) groups excluding carboxylic acids is 1. The predicted octanol–water partition coefficient (Wildman–Crippen LogP) is 3.28. The number of benzene rings is 3. The molecule has 12 nitrogen and oxygen atoms in total. The molecule has 14 heteroatoms. The molecule has 3 aromatic rings. The number of azo groups is 1. The second-order valence-corrected chi connectivity index (χ2v) is 9.20. The van der Waals surface area contributed by atoms with Gasteiger partial charge in [-0.1, -0.05) is 12.1 Å². The molecule has 0 unspecified atom stereocenters. The summed E-state index contributed by atoms with van der Waals surface area (Å²) < 4.78 is 66.4. The van der Waals surface area contributed by atoms with Gasteiger partial charge in [0.2, 0.25) is 0 Å². The third-order valence-corrected chi connectivity index (χ3v) is 6.08. The first kappa shape index (κ1) is 23.1. The van der Waals surface area contributed by atoms with Crippen molar-refractivity contribution in [1.82, 2.24) is 0 Å². The standard InChI is InChI=1S/C18H17N5O7S2/c1-20-10-5-6-14(15(8-10)21-18(19)24)23-22-11-7-13-12(17(9-11)32(28,29)30)3-2-4-16(13)31(25,26)27/h2-9,20H,1H3,(H3,19,21,24)(H,25,26,27)(H,28,29,30). The average Bonchev–Trinajstić information content (AvgIpc) is 2.69. The first-order valence-electron chi connectivity index (χ1n) is 8.72. The minimum atomic E-state index is -4.79. The topological polar surface area (TPSA) is 201 Å². The van der Waals surface area contributed by atoms with Crippen LogP contribution in [0.1, 0.15) is 0 Å². The molecule has 0 heterocycles. The van der Waals surface area contributed by atoms with Crippen molar-refractivity contribution < 1.29 is 30.7 Å². The van der Waals surface area contributed by atoms with Crippen LogP contribution in [0.3, 0.4) is 0 Å². The molecule has 0 saturated carbocycles. The number of nitrogens with two attached hydrogens (primary N) is 1. The minimum Gasteiger partial charge on any atom is -0.388 e. The van der Waals surface area contributed by atoms with Crippen molar-refractivity contribution in [2.75, 3.05) is 17.7 Å². The van der Waals surface area contributed by atoms with E-state index in [9.17, 15) is 30.7 Å². The van der Waals surface area contributed by atoms with Crippen molar-refractivity contribution in [1.29, 1.82) is 0 Å². The van der Waals surface area contributed by atoms with Gasteiger partial charge in [0.15, 0.2) is 0 Å². The fraction of sp³-hybridized carbons (Fsp3) is 0.0556. The molecule has 0 radical (unpaired) electrons. The lowest BCUT2D eigenvalue weighted by atomic mass is 10.1. The fourth-order valence-corrected chi connectivity index (χ4v) is 4.35. The lowest BCUT2D eigenvalue weighted by Crippen LogP contribution is -2.19. The van der Waals surface area contributed by atoms with Crippen LogP contribution in [0.2, 0.25) is 0 Å². The summed E-state index contributed by atoms with van der Waals surface area (Å²) in [6.07, 6.45) is 0. The van der Waals surface area contributed by atoms with E-state index in [1.807, 2.05) is 0 Å². The van der Waals surface area contributed by atoms with Crippen molar-refractivity contribution in [3.05, 3.63) is 48.5 Å². The summed E-state index contributed by atoms with van der Waals surface area (Å²) in [4.78, 5) is 10.1. The molecule has 3 aromatic carbocycles. The van der Waals surface area contributed by atoms with Gasteiger partial charge in [-0.3, -0.25) is 9.11 Å². The number of hydrogen-bond acceptors (Lipinski definition) is 8. The number of nitrogens with zero attached hydrogens (tertiary/aromatic N) is 2. The van der Waals surface area contributed by atoms with Gasteiger partial charge in [0.1, 0.15) is 15.5 Å². The number of anilines is 2. The molecule has 0 spiro atoms. The van der Waals surface area contributed by atoms with Gasteiger partial charge in [-0.15, -0.1) is 5.11 Å². The molecule has 0 aliphatic rings. The van der Waals surface area contributed by atoms with E-state index in [4.69, 9.17) is 5.73 Å². The van der Waals surface area contributed by atoms with Crippen molar-refractivity contribution in [2.45, 2.75) is 9.79 Å². The number of carbonyl (C=O) groups is 1. The zero-order chi connectivity index (χ0) is 23.7. The van der Waals surface area contributed by atoms with Gasteiger partial charge in [0, 0.05) is 23.5 Å². The van der Waals surface area contributed by atoms with E-state index in [1.54, 1.807) is 13.1 Å². The second kappa shape index (κ2) is 8.51. The molecule has 6 N–H and O–H groups in total. The normalized spacial score (nSPS) is 12.2. The average molecular weight is 479 g/mol. The van der Waals surface area contributed by atoms with E-state index in [0.717, 1.165) is 12.1 Å². The molecule has 2 amide bonds. The maximum Gasteiger partial charge on any atom is 0.316 e. The van der Waals surface area contributed by atoms with E-state index in [1.165, 1.54) is 30.3 Å². The zero-order valence-corrected chi connectivity index (χ0v) is 18.0. The summed E-state index contributed by atoms with van der Waals surface area (Å²) in [5.74, 6) is 0. The summed E-state index contributed by atoms with van der Waals surface area (Å²) in [5, 5.41) is 12.8. The highest BCUT2D eigenvalue weighted by molar-refractivity contribution is 7.86. The third-order valence-electron chi connectivity index (χ3n) is 4.27. The van der Waals surface area contributed by atoms with E-state index in [0.29, 0.717) is 5.69 Å². The summed E-state index contributed by atoms with van der Waals surface area (Å²) >= 11 is 0. The summed E-state index contributed by atoms with van der Waals surface area (Å²) in [7, 11) is -7.85. The minimum absolute atomic E-state index is 0.143. The first-order valence-corrected chi connectivity index (χ1v) is 11.6. The molecule has 168 valence electrons. The molecule has 0 aliphatic heterocycles. The Labute approximate surface area is 182 Å². The Kier molecular flexibility index (Phi) is 6.13. The van der Waals surface area contributed by atoms with Gasteiger partial charge >= 0.3 is 6.03 Å². The highest BCUT2D eigenvalue weighted by Gasteiger charge is 2.21. The first-order chi connectivity index (χ1) is 14.9. The second-order valence-electron chi connectivity index (χ2n) is 6.42. The summed E-state index contributed by atoms with van der Waals surface area (Å²) in [6, 6.07) is 9.50. The van der Waals surface area contributed by atoms with E-state index < -0.39 is 36.1 Å². The predicted molar refractivity (Wildman–Crippen MR) is 117 cm³/mol. The number of rotatable bonds is 6. The molecule has 0 atom stereocenters. The van der Waals surface area contributed by atoms with Crippen LogP contribution < -0.4 is 16.4 Å². The molecule has 0 bridgehead atoms. The zero-order valence-electron chi connectivity index (χ0n) is 16.3. The number of amides is 2. The Hall–Kier alpha value is -3.59. The number of urea groups is 1. The Morgan fingerprint density at radius 2 is 1.59 bits per heavy atom. The maximum atomic E-state index is 11.9. The van der Waals surface area contributed by atoms with E-state index in [2.05, 4.69) is 20.9 Å². The van der Waals surface area contributed by atoms with Gasteiger partial charge in [0.05, 0.1) is 11.4 Å². The van der Waals surface area contributed by atoms with Gasteiger partial charge in [0.25, 0.3) is 20.2 Å². The smallest absolute Gasteiger partial charge is 0.316 e. The van der Waals surface area contributed by atoms with Crippen LogP contribution >= 0.6 is 0 Å². The summed E-state index contributed by atoms with van der Waals surface area (Å²) in [6.45, 7) is 0. The van der Waals surface area contributed by atoms with Gasteiger partial charge in [-0.2, -0.15) is 21.9 Å². The number of primary amides is 1.